The van der Waals surface area contributed by atoms with Crippen molar-refractivity contribution in [3.8, 4) is 6.07 Å². The third kappa shape index (κ3) is 2.87. The van der Waals surface area contributed by atoms with E-state index in [1.807, 2.05) is 6.07 Å². The molecule has 80 valence electrons. The molecule has 1 aliphatic heterocycles. The minimum Gasteiger partial charge on any atom is -0.211 e. The van der Waals surface area contributed by atoms with Crippen molar-refractivity contribution in [1.29, 1.82) is 5.26 Å². The lowest BCUT2D eigenvalue weighted by atomic mass is 10.3. The number of rotatable bonds is 4. The van der Waals surface area contributed by atoms with Gasteiger partial charge in [-0.3, -0.25) is 0 Å². The van der Waals surface area contributed by atoms with Gasteiger partial charge in [0.05, 0.1) is 6.07 Å². The topological polar surface area (TPSA) is 70.0 Å². The summed E-state index contributed by atoms with van der Waals surface area (Å²) in [6.07, 6.45) is 1.21. The third-order valence-corrected chi connectivity index (χ3v) is 5.16. The van der Waals surface area contributed by atoms with Gasteiger partial charge in [-0.25, -0.2) is 13.1 Å². The van der Waals surface area contributed by atoms with Gasteiger partial charge in [-0.15, -0.1) is 0 Å². The molecule has 4 nitrogen and oxygen atoms in total. The predicted molar refractivity (Wildman–Crippen MR) is 57.5 cm³/mol. The van der Waals surface area contributed by atoms with Gasteiger partial charge < -0.3 is 0 Å². The van der Waals surface area contributed by atoms with Crippen molar-refractivity contribution in [2.75, 3.05) is 11.5 Å². The van der Waals surface area contributed by atoms with Crippen LogP contribution in [0.4, 0.5) is 0 Å². The lowest BCUT2D eigenvalue weighted by Gasteiger charge is -2.14. The molecule has 0 aromatic carbocycles. The molecule has 0 spiro atoms. The number of thioether (sulfide) groups is 1. The molecule has 1 N–H and O–H groups in total. The first-order chi connectivity index (χ1) is 6.60. The molecule has 14 heavy (non-hydrogen) atoms. The van der Waals surface area contributed by atoms with E-state index in [4.69, 9.17) is 5.26 Å². The number of nitrogens with one attached hydrogen (secondary N) is 1. The quantitative estimate of drug-likeness (QED) is 0.778. The maximum Gasteiger partial charge on any atom is 0.228 e. The first-order valence-electron chi connectivity index (χ1n) is 4.58. The Labute approximate surface area is 89.1 Å². The van der Waals surface area contributed by atoms with Gasteiger partial charge in [-0.05, 0) is 18.6 Å². The highest BCUT2D eigenvalue weighted by Crippen LogP contribution is 2.18. The fourth-order valence-corrected chi connectivity index (χ4v) is 3.99. The van der Waals surface area contributed by atoms with E-state index < -0.39 is 15.3 Å². The molecule has 0 aromatic heterocycles. The van der Waals surface area contributed by atoms with Gasteiger partial charge in [-0.2, -0.15) is 17.0 Å². The summed E-state index contributed by atoms with van der Waals surface area (Å²) in [5.74, 6) is 1.82. The van der Waals surface area contributed by atoms with Crippen molar-refractivity contribution in [1.82, 2.24) is 4.72 Å². The van der Waals surface area contributed by atoms with Gasteiger partial charge in [0.2, 0.25) is 10.0 Å². The minimum atomic E-state index is -3.43. The Hall–Kier alpha value is -0.250. The molecule has 1 aliphatic rings. The molecule has 2 unspecified atom stereocenters. The average Bonchev–Trinajstić information content (AvgIpc) is 2.57. The highest BCUT2D eigenvalue weighted by atomic mass is 32.2. The van der Waals surface area contributed by atoms with Gasteiger partial charge in [0.15, 0.2) is 5.25 Å². The second-order valence-electron chi connectivity index (χ2n) is 3.25. The summed E-state index contributed by atoms with van der Waals surface area (Å²) >= 11 is 1.74. The van der Waals surface area contributed by atoms with E-state index >= 15 is 0 Å². The van der Waals surface area contributed by atoms with E-state index in [9.17, 15) is 8.42 Å². The molecule has 2 atom stereocenters. The Bertz CT molecular complexity index is 315. The summed E-state index contributed by atoms with van der Waals surface area (Å²) in [5, 5.41) is 7.75. The molecule has 0 radical (unpaired) electrons. The van der Waals surface area contributed by atoms with Gasteiger partial charge in [0, 0.05) is 11.8 Å². The van der Waals surface area contributed by atoms with Crippen molar-refractivity contribution in [2.24, 2.45) is 0 Å². The second kappa shape index (κ2) is 5.01. The Kier molecular flexibility index (Phi) is 4.23. The van der Waals surface area contributed by atoms with E-state index in [1.165, 1.54) is 0 Å². The Morgan fingerprint density at radius 3 is 2.86 bits per heavy atom. The zero-order valence-electron chi connectivity index (χ0n) is 8.06. The molecule has 1 rings (SSSR count). The van der Waals surface area contributed by atoms with Crippen LogP contribution in [0.1, 0.15) is 19.8 Å². The van der Waals surface area contributed by atoms with Crippen LogP contribution in [-0.2, 0) is 10.0 Å². The number of sulfonamides is 1. The molecule has 0 saturated carbocycles. The van der Waals surface area contributed by atoms with E-state index in [0.29, 0.717) is 6.42 Å². The van der Waals surface area contributed by atoms with Crippen LogP contribution in [0.15, 0.2) is 0 Å². The van der Waals surface area contributed by atoms with Crippen LogP contribution in [0.3, 0.4) is 0 Å². The average molecular weight is 234 g/mol. The first kappa shape index (κ1) is 11.8. The SMILES string of the molecule is CCC(C#N)S(=O)(=O)NC1CCSC1. The highest BCUT2D eigenvalue weighted by Gasteiger charge is 2.28. The Morgan fingerprint density at radius 2 is 2.43 bits per heavy atom. The number of nitriles is 1. The third-order valence-electron chi connectivity index (χ3n) is 2.15. The van der Waals surface area contributed by atoms with E-state index in [-0.39, 0.29) is 6.04 Å². The lowest BCUT2D eigenvalue weighted by molar-refractivity contribution is 0.555. The highest BCUT2D eigenvalue weighted by molar-refractivity contribution is 7.99. The lowest BCUT2D eigenvalue weighted by Crippen LogP contribution is -2.40. The van der Waals surface area contributed by atoms with E-state index in [2.05, 4.69) is 4.72 Å². The molecule has 0 aromatic rings. The monoisotopic (exact) mass is 234 g/mol. The van der Waals surface area contributed by atoms with Gasteiger partial charge >= 0.3 is 0 Å². The summed E-state index contributed by atoms with van der Waals surface area (Å²) in [4.78, 5) is 0. The van der Waals surface area contributed by atoms with Gasteiger partial charge in [0.1, 0.15) is 0 Å². The molecular weight excluding hydrogens is 220 g/mol. The fourth-order valence-electron chi connectivity index (χ4n) is 1.32. The molecule has 0 aliphatic carbocycles. The molecule has 0 amide bonds. The largest absolute Gasteiger partial charge is 0.228 e. The van der Waals surface area contributed by atoms with Crippen LogP contribution < -0.4 is 4.72 Å². The maximum absolute atomic E-state index is 11.6. The van der Waals surface area contributed by atoms with Gasteiger partial charge in [0.25, 0.3) is 0 Å². The van der Waals surface area contributed by atoms with Crippen molar-refractivity contribution < 1.29 is 8.42 Å². The molecule has 6 heteroatoms. The number of hydrogen-bond acceptors (Lipinski definition) is 4. The fraction of sp³-hybridized carbons (Fsp3) is 0.875. The molecule has 1 heterocycles. The summed E-state index contributed by atoms with van der Waals surface area (Å²) in [5.41, 5.74) is 0. The maximum atomic E-state index is 11.6. The van der Waals surface area contributed by atoms with Crippen LogP contribution in [0.5, 0.6) is 0 Å². The van der Waals surface area contributed by atoms with Crippen molar-refractivity contribution >= 4 is 21.8 Å². The number of hydrogen-bond donors (Lipinski definition) is 1. The summed E-state index contributed by atoms with van der Waals surface area (Å²) < 4.78 is 25.8. The molecule has 0 bridgehead atoms. The molecule has 1 saturated heterocycles. The molecular formula is C8H14N2O2S2. The summed E-state index contributed by atoms with van der Waals surface area (Å²) in [6, 6.07) is 1.83. The van der Waals surface area contributed by atoms with E-state index in [0.717, 1.165) is 17.9 Å². The van der Waals surface area contributed by atoms with Crippen molar-refractivity contribution in [3.63, 3.8) is 0 Å². The first-order valence-corrected chi connectivity index (χ1v) is 7.28. The van der Waals surface area contributed by atoms with Crippen LogP contribution in [0.2, 0.25) is 0 Å². The summed E-state index contributed by atoms with van der Waals surface area (Å²) in [7, 11) is -3.43. The standard InChI is InChI=1S/C8H14N2O2S2/c1-2-8(5-9)14(11,12)10-7-3-4-13-6-7/h7-8,10H,2-4,6H2,1H3. The summed E-state index contributed by atoms with van der Waals surface area (Å²) in [6.45, 7) is 1.70. The van der Waals surface area contributed by atoms with Crippen LogP contribution in [0, 0.1) is 11.3 Å². The Morgan fingerprint density at radius 1 is 1.71 bits per heavy atom. The van der Waals surface area contributed by atoms with Crippen LogP contribution in [0.25, 0.3) is 0 Å². The molecule has 1 fully saturated rings. The smallest absolute Gasteiger partial charge is 0.211 e. The predicted octanol–water partition coefficient (Wildman–Crippen LogP) is 0.713. The zero-order chi connectivity index (χ0) is 10.6. The van der Waals surface area contributed by atoms with Crippen molar-refractivity contribution in [2.45, 2.75) is 31.1 Å². The van der Waals surface area contributed by atoms with Crippen LogP contribution >= 0.6 is 11.8 Å². The Balaban J connectivity index is 2.61. The minimum absolute atomic E-state index is 0.0207. The van der Waals surface area contributed by atoms with Crippen molar-refractivity contribution in [3.05, 3.63) is 0 Å². The van der Waals surface area contributed by atoms with Gasteiger partial charge in [-0.1, -0.05) is 6.92 Å². The zero-order valence-corrected chi connectivity index (χ0v) is 9.70. The van der Waals surface area contributed by atoms with E-state index in [1.54, 1.807) is 18.7 Å². The van der Waals surface area contributed by atoms with Crippen LogP contribution in [-0.4, -0.2) is 31.2 Å². The second-order valence-corrected chi connectivity index (χ2v) is 6.29. The normalized spacial score (nSPS) is 24.4. The number of nitrogens with zero attached hydrogens (tertiary/aromatic N) is 1.